The highest BCUT2D eigenvalue weighted by atomic mass is 32.2. The second-order valence-corrected chi connectivity index (χ2v) is 11.0. The van der Waals surface area contributed by atoms with E-state index in [4.69, 9.17) is 14.2 Å². The van der Waals surface area contributed by atoms with Crippen LogP contribution >= 0.6 is 0 Å². The molecular weight excluding hydrogens is 513 g/mol. The predicted molar refractivity (Wildman–Crippen MR) is 138 cm³/mol. The van der Waals surface area contributed by atoms with Gasteiger partial charge < -0.3 is 14.2 Å². The molecule has 3 heterocycles. The largest absolute Gasteiger partial charge is 0.493 e. The first-order chi connectivity index (χ1) is 18.2. The van der Waals surface area contributed by atoms with Crippen LogP contribution in [0, 0.1) is 11.7 Å². The number of halogens is 1. The van der Waals surface area contributed by atoms with E-state index >= 15 is 0 Å². The van der Waals surface area contributed by atoms with Crippen LogP contribution in [0.1, 0.15) is 43.5 Å². The van der Waals surface area contributed by atoms with Gasteiger partial charge in [0.25, 0.3) is 15.9 Å². The van der Waals surface area contributed by atoms with Gasteiger partial charge in [-0.3, -0.25) is 4.79 Å². The minimum Gasteiger partial charge on any atom is -0.493 e. The van der Waals surface area contributed by atoms with Crippen molar-refractivity contribution in [3.63, 3.8) is 0 Å². The summed E-state index contributed by atoms with van der Waals surface area (Å²) >= 11 is 0. The molecule has 2 aromatic heterocycles. The van der Waals surface area contributed by atoms with Gasteiger partial charge in [-0.2, -0.15) is 8.42 Å². The monoisotopic (exact) mass is 543 g/mol. The van der Waals surface area contributed by atoms with Gasteiger partial charge in [0.05, 0.1) is 18.4 Å². The van der Waals surface area contributed by atoms with Crippen molar-refractivity contribution in [2.24, 2.45) is 5.92 Å². The summed E-state index contributed by atoms with van der Waals surface area (Å²) in [5.74, 6) is -0.947. The van der Waals surface area contributed by atoms with Crippen molar-refractivity contribution in [2.45, 2.75) is 44.2 Å². The van der Waals surface area contributed by atoms with E-state index in [-0.39, 0.29) is 35.1 Å². The molecule has 38 heavy (non-hydrogen) atoms. The molecule has 1 N–H and O–H groups in total. The fourth-order valence-electron chi connectivity index (χ4n) is 3.79. The molecule has 1 atom stereocenters. The maximum absolute atomic E-state index is 14.4. The molecule has 1 aliphatic rings. The van der Waals surface area contributed by atoms with Crippen LogP contribution in [0.5, 0.6) is 11.6 Å². The SMILES string of the molecule is CC(C)COc1cc(F)cc(-c2ccc(C(=O)NS(=O)(=O)c3ccccn3)c(OCC3CCCCO3)n2)c1. The number of carbonyl (C=O) groups is 1. The number of nitrogens with zero attached hydrogens (tertiary/aromatic N) is 2. The molecule has 1 amide bonds. The molecule has 1 unspecified atom stereocenters. The quantitative estimate of drug-likeness (QED) is 0.400. The number of hydrogen-bond acceptors (Lipinski definition) is 8. The van der Waals surface area contributed by atoms with Gasteiger partial charge in [0.1, 0.15) is 23.7 Å². The fraction of sp³-hybridized carbons (Fsp3) is 0.370. The number of ether oxygens (including phenoxy) is 3. The van der Waals surface area contributed by atoms with E-state index in [1.54, 1.807) is 12.1 Å². The Hall–Kier alpha value is -3.57. The first-order valence-corrected chi connectivity index (χ1v) is 13.9. The third-order valence-electron chi connectivity index (χ3n) is 5.68. The summed E-state index contributed by atoms with van der Waals surface area (Å²) < 4.78 is 59.0. The Bertz CT molecular complexity index is 1360. The molecular formula is C27H30FN3O6S. The summed E-state index contributed by atoms with van der Waals surface area (Å²) in [7, 11) is -4.23. The highest BCUT2D eigenvalue weighted by Gasteiger charge is 2.25. The van der Waals surface area contributed by atoms with E-state index in [1.165, 1.54) is 42.6 Å². The van der Waals surface area contributed by atoms with E-state index in [1.807, 2.05) is 18.6 Å². The lowest BCUT2D eigenvalue weighted by atomic mass is 10.1. The number of rotatable bonds is 10. The molecule has 0 aliphatic carbocycles. The van der Waals surface area contributed by atoms with Crippen LogP contribution in [0.4, 0.5) is 4.39 Å². The standard InChI is InChI=1S/C27H30FN3O6S/c1-18(2)16-36-22-14-19(13-20(28)15-22)24-10-9-23(27(30-24)37-17-21-7-4-6-12-35-21)26(32)31-38(33,34)25-8-3-5-11-29-25/h3,5,8-11,13-15,18,21H,4,6-7,12,16-17H2,1-2H3,(H,31,32). The van der Waals surface area contributed by atoms with Crippen LogP contribution in [0.3, 0.4) is 0 Å². The molecule has 0 saturated carbocycles. The molecule has 9 nitrogen and oxygen atoms in total. The van der Waals surface area contributed by atoms with E-state index in [9.17, 15) is 17.6 Å². The van der Waals surface area contributed by atoms with Crippen LogP contribution in [0.15, 0.2) is 59.8 Å². The van der Waals surface area contributed by atoms with Gasteiger partial charge in [-0.1, -0.05) is 19.9 Å². The van der Waals surface area contributed by atoms with Gasteiger partial charge in [0, 0.05) is 24.4 Å². The van der Waals surface area contributed by atoms with Crippen molar-refractivity contribution in [3.05, 3.63) is 66.1 Å². The van der Waals surface area contributed by atoms with E-state index < -0.39 is 21.7 Å². The zero-order chi connectivity index (χ0) is 27.1. The van der Waals surface area contributed by atoms with Crippen LogP contribution in [-0.4, -0.2) is 50.2 Å². The highest BCUT2D eigenvalue weighted by molar-refractivity contribution is 7.90. The van der Waals surface area contributed by atoms with Crippen molar-refractivity contribution >= 4 is 15.9 Å². The normalized spacial score (nSPS) is 15.7. The number of amides is 1. The molecule has 1 saturated heterocycles. The van der Waals surface area contributed by atoms with Gasteiger partial charge in [-0.15, -0.1) is 0 Å². The van der Waals surface area contributed by atoms with Crippen LogP contribution in [0.25, 0.3) is 11.3 Å². The number of sulfonamides is 1. The summed E-state index contributed by atoms with van der Waals surface area (Å²) in [6.07, 6.45) is 3.86. The molecule has 0 bridgehead atoms. The Morgan fingerprint density at radius 1 is 1.16 bits per heavy atom. The van der Waals surface area contributed by atoms with Gasteiger partial charge in [0.15, 0.2) is 5.03 Å². The lowest BCUT2D eigenvalue weighted by Gasteiger charge is -2.23. The smallest absolute Gasteiger partial charge is 0.281 e. The summed E-state index contributed by atoms with van der Waals surface area (Å²) in [4.78, 5) is 21.3. The first kappa shape index (κ1) is 27.5. The second kappa shape index (κ2) is 12.3. The van der Waals surface area contributed by atoms with Gasteiger partial charge >= 0.3 is 0 Å². The van der Waals surface area contributed by atoms with Crippen molar-refractivity contribution in [3.8, 4) is 22.9 Å². The highest BCUT2D eigenvalue weighted by Crippen LogP contribution is 2.28. The van der Waals surface area contributed by atoms with E-state index in [0.717, 1.165) is 19.3 Å². The molecule has 1 aliphatic heterocycles. The summed E-state index contributed by atoms with van der Waals surface area (Å²) in [5.41, 5.74) is 0.634. The Morgan fingerprint density at radius 2 is 2.00 bits per heavy atom. The summed E-state index contributed by atoms with van der Waals surface area (Å²) in [5, 5.41) is -0.301. The second-order valence-electron chi connectivity index (χ2n) is 9.33. The summed E-state index contributed by atoms with van der Waals surface area (Å²) in [6, 6.07) is 11.5. The number of benzene rings is 1. The van der Waals surface area contributed by atoms with Gasteiger partial charge in [0.2, 0.25) is 5.88 Å². The minimum absolute atomic E-state index is 0.0979. The Morgan fingerprint density at radius 3 is 2.71 bits per heavy atom. The molecule has 11 heteroatoms. The average molecular weight is 544 g/mol. The van der Waals surface area contributed by atoms with Crippen LogP contribution in [-0.2, 0) is 14.8 Å². The summed E-state index contributed by atoms with van der Waals surface area (Å²) in [6.45, 7) is 5.11. The number of aromatic nitrogens is 2. The number of pyridine rings is 2. The van der Waals surface area contributed by atoms with Crippen molar-refractivity contribution < 1.29 is 31.8 Å². The Labute approximate surface area is 221 Å². The van der Waals surface area contributed by atoms with Crippen LogP contribution < -0.4 is 14.2 Å². The molecule has 0 radical (unpaired) electrons. The van der Waals surface area contributed by atoms with E-state index in [0.29, 0.717) is 30.2 Å². The zero-order valence-corrected chi connectivity index (χ0v) is 22.0. The predicted octanol–water partition coefficient (Wildman–Crippen LogP) is 4.38. The maximum atomic E-state index is 14.4. The maximum Gasteiger partial charge on any atom is 0.281 e. The molecule has 202 valence electrons. The number of nitrogens with one attached hydrogen (secondary N) is 1. The fourth-order valence-corrected chi connectivity index (χ4v) is 4.70. The Balaban J connectivity index is 1.64. The lowest BCUT2D eigenvalue weighted by Crippen LogP contribution is -2.32. The Kier molecular flexibility index (Phi) is 8.90. The van der Waals surface area contributed by atoms with E-state index in [2.05, 4.69) is 9.97 Å². The first-order valence-electron chi connectivity index (χ1n) is 12.4. The van der Waals surface area contributed by atoms with Gasteiger partial charge in [-0.05, 0) is 61.6 Å². The molecule has 1 aromatic carbocycles. The lowest BCUT2D eigenvalue weighted by molar-refractivity contribution is -0.0120. The molecule has 4 rings (SSSR count). The molecule has 3 aromatic rings. The van der Waals surface area contributed by atoms with Crippen molar-refractivity contribution in [1.82, 2.24) is 14.7 Å². The molecule has 0 spiro atoms. The molecule has 1 fully saturated rings. The third-order valence-corrected chi connectivity index (χ3v) is 6.92. The zero-order valence-electron chi connectivity index (χ0n) is 21.2. The topological polar surface area (TPSA) is 117 Å². The van der Waals surface area contributed by atoms with Gasteiger partial charge in [-0.25, -0.2) is 19.1 Å². The van der Waals surface area contributed by atoms with Crippen molar-refractivity contribution in [1.29, 1.82) is 0 Å². The minimum atomic E-state index is -4.23. The third kappa shape index (κ3) is 7.26. The van der Waals surface area contributed by atoms with Crippen molar-refractivity contribution in [2.75, 3.05) is 19.8 Å². The average Bonchev–Trinajstić information content (AvgIpc) is 2.91. The van der Waals surface area contributed by atoms with Crippen LogP contribution in [0.2, 0.25) is 0 Å². The number of carbonyl (C=O) groups excluding carboxylic acids is 1. The number of hydrogen-bond donors (Lipinski definition) is 1.